The highest BCUT2D eigenvalue weighted by molar-refractivity contribution is 6.30. The highest BCUT2D eigenvalue weighted by Gasteiger charge is 2.32. The van der Waals surface area contributed by atoms with Gasteiger partial charge in [-0.25, -0.2) is 0 Å². The van der Waals surface area contributed by atoms with Gasteiger partial charge >= 0.3 is 0 Å². The quantitative estimate of drug-likeness (QED) is 0.176. The van der Waals surface area contributed by atoms with Gasteiger partial charge in [0.1, 0.15) is 24.7 Å². The normalized spacial score (nSPS) is 13.0. The monoisotopic (exact) mass is 533 g/mol. The standard InChI is InChI=1S/C30H31N3O4.ClH/c1-33(2)14-16-36-21-12-13-25-24(17-21)28-29(31-25)22-18-26(34-3)27(35-4)19-23(22)30(28)32-37-15-8-11-20-9-6-5-7-10-20;/h5-13,17-19,31H,14-16H2,1-4H3;1H/b11-8?,32-30-;. The van der Waals surface area contributed by atoms with Gasteiger partial charge in [-0.05, 0) is 56.1 Å². The zero-order valence-corrected chi connectivity index (χ0v) is 22.8. The van der Waals surface area contributed by atoms with Crippen LogP contribution in [0.4, 0.5) is 0 Å². The number of halogens is 1. The SMILES string of the molecule is COc1cc2c(cc1OC)-c1[nH]c3ccc(OCCN(C)C)cc3c1/C2=N\OCC=Cc1ccccc1.Cl. The van der Waals surface area contributed by atoms with Crippen LogP contribution in [0.15, 0.2) is 71.9 Å². The van der Waals surface area contributed by atoms with E-state index in [2.05, 4.69) is 21.1 Å². The minimum atomic E-state index is 0. The van der Waals surface area contributed by atoms with Crippen molar-refractivity contribution in [1.82, 2.24) is 9.88 Å². The topological polar surface area (TPSA) is 68.3 Å². The number of rotatable bonds is 10. The Kier molecular flexibility index (Phi) is 8.61. The maximum Gasteiger partial charge on any atom is 0.161 e. The van der Waals surface area contributed by atoms with E-state index in [0.29, 0.717) is 24.7 Å². The van der Waals surface area contributed by atoms with Crippen LogP contribution in [0.3, 0.4) is 0 Å². The van der Waals surface area contributed by atoms with Crippen LogP contribution in [0.25, 0.3) is 28.2 Å². The number of H-pyrrole nitrogens is 1. The Bertz CT molecular complexity index is 1460. The Morgan fingerprint density at radius 1 is 0.921 bits per heavy atom. The maximum atomic E-state index is 6.02. The van der Waals surface area contributed by atoms with Crippen molar-refractivity contribution in [2.75, 3.05) is 48.1 Å². The second kappa shape index (κ2) is 12.1. The molecule has 0 spiro atoms. The van der Waals surface area contributed by atoms with Gasteiger partial charge in [0, 0.05) is 34.1 Å². The Labute approximate surface area is 229 Å². The Morgan fingerprint density at radius 2 is 1.66 bits per heavy atom. The van der Waals surface area contributed by atoms with Crippen molar-refractivity contribution in [3.63, 3.8) is 0 Å². The van der Waals surface area contributed by atoms with Gasteiger partial charge < -0.3 is 28.9 Å². The average molecular weight is 534 g/mol. The smallest absolute Gasteiger partial charge is 0.161 e. The van der Waals surface area contributed by atoms with Crippen molar-refractivity contribution in [3.05, 3.63) is 83.4 Å². The van der Waals surface area contributed by atoms with Crippen LogP contribution < -0.4 is 14.2 Å². The molecule has 8 heteroatoms. The van der Waals surface area contributed by atoms with Crippen LogP contribution in [0.1, 0.15) is 16.7 Å². The van der Waals surface area contributed by atoms with E-state index in [0.717, 1.165) is 56.9 Å². The number of ether oxygens (including phenoxy) is 3. The lowest BCUT2D eigenvalue weighted by atomic mass is 10.1. The zero-order valence-electron chi connectivity index (χ0n) is 22.0. The summed E-state index contributed by atoms with van der Waals surface area (Å²) in [5, 5.41) is 5.63. The van der Waals surface area contributed by atoms with E-state index < -0.39 is 0 Å². The van der Waals surface area contributed by atoms with E-state index in [1.54, 1.807) is 14.2 Å². The molecule has 4 aromatic rings. The number of fused-ring (bicyclic) bond motifs is 5. The van der Waals surface area contributed by atoms with Gasteiger partial charge in [-0.15, -0.1) is 12.4 Å². The number of hydrogen-bond acceptors (Lipinski definition) is 6. The number of benzene rings is 3. The van der Waals surface area contributed by atoms with Crippen LogP contribution in [0, 0.1) is 0 Å². The van der Waals surface area contributed by atoms with Crippen molar-refractivity contribution in [3.8, 4) is 28.5 Å². The van der Waals surface area contributed by atoms with Gasteiger partial charge in [0.05, 0.1) is 19.9 Å². The zero-order chi connectivity index (χ0) is 25.8. The third-order valence-corrected chi connectivity index (χ3v) is 6.30. The van der Waals surface area contributed by atoms with Gasteiger partial charge in [0.15, 0.2) is 11.5 Å². The second-order valence-electron chi connectivity index (χ2n) is 9.04. The van der Waals surface area contributed by atoms with Gasteiger partial charge in [0.2, 0.25) is 0 Å². The highest BCUT2D eigenvalue weighted by atomic mass is 35.5. The van der Waals surface area contributed by atoms with E-state index in [-0.39, 0.29) is 12.4 Å². The number of likely N-dealkylation sites (N-methyl/N-ethyl adjacent to an activating group) is 1. The predicted octanol–water partition coefficient (Wildman–Crippen LogP) is 6.01. The lowest BCUT2D eigenvalue weighted by Crippen LogP contribution is -2.19. The van der Waals surface area contributed by atoms with E-state index in [4.69, 9.17) is 19.0 Å². The molecule has 0 fully saturated rings. The molecule has 7 nitrogen and oxygen atoms in total. The van der Waals surface area contributed by atoms with Crippen molar-refractivity contribution in [2.24, 2.45) is 5.16 Å². The average Bonchev–Trinajstić information content (AvgIpc) is 3.42. The third kappa shape index (κ3) is 5.49. The molecule has 198 valence electrons. The molecule has 1 aliphatic rings. The minimum absolute atomic E-state index is 0. The molecular formula is C30H32ClN3O4. The summed E-state index contributed by atoms with van der Waals surface area (Å²) in [6, 6.07) is 20.1. The van der Waals surface area contributed by atoms with Crippen molar-refractivity contribution >= 4 is 35.1 Å². The van der Waals surface area contributed by atoms with Crippen LogP contribution in [-0.4, -0.2) is 63.7 Å². The number of hydrogen-bond donors (Lipinski definition) is 1. The number of aromatic nitrogens is 1. The molecule has 5 rings (SSSR count). The first-order valence-electron chi connectivity index (χ1n) is 12.2. The number of oxime groups is 1. The predicted molar refractivity (Wildman–Crippen MR) is 155 cm³/mol. The van der Waals surface area contributed by atoms with E-state index in [1.165, 1.54) is 0 Å². The molecule has 1 aliphatic carbocycles. The molecule has 1 N–H and O–H groups in total. The van der Waals surface area contributed by atoms with Crippen molar-refractivity contribution in [1.29, 1.82) is 0 Å². The van der Waals surface area contributed by atoms with Crippen LogP contribution in [0.2, 0.25) is 0 Å². The number of methoxy groups -OCH3 is 2. The summed E-state index contributed by atoms with van der Waals surface area (Å²) in [5.74, 6) is 2.11. The molecule has 38 heavy (non-hydrogen) atoms. The molecule has 0 saturated carbocycles. The Balaban J connectivity index is 0.00000336. The molecule has 0 radical (unpaired) electrons. The minimum Gasteiger partial charge on any atom is -0.493 e. The van der Waals surface area contributed by atoms with Gasteiger partial charge in [0.25, 0.3) is 0 Å². The fourth-order valence-electron chi connectivity index (χ4n) is 4.46. The maximum absolute atomic E-state index is 6.02. The second-order valence-corrected chi connectivity index (χ2v) is 9.04. The Morgan fingerprint density at radius 3 is 2.37 bits per heavy atom. The largest absolute Gasteiger partial charge is 0.493 e. The first kappa shape index (κ1) is 27.1. The van der Waals surface area contributed by atoms with E-state index in [9.17, 15) is 0 Å². The van der Waals surface area contributed by atoms with Gasteiger partial charge in [-0.3, -0.25) is 0 Å². The summed E-state index contributed by atoms with van der Waals surface area (Å²) in [4.78, 5) is 11.5. The molecule has 0 amide bonds. The lowest BCUT2D eigenvalue weighted by molar-refractivity contribution is 0.175. The fourth-order valence-corrected chi connectivity index (χ4v) is 4.46. The summed E-state index contributed by atoms with van der Waals surface area (Å²) in [7, 11) is 7.33. The summed E-state index contributed by atoms with van der Waals surface area (Å²) < 4.78 is 17.2. The van der Waals surface area contributed by atoms with Crippen molar-refractivity contribution < 1.29 is 19.0 Å². The number of nitrogens with zero attached hydrogens (tertiary/aromatic N) is 2. The summed E-state index contributed by atoms with van der Waals surface area (Å²) in [6.45, 7) is 1.79. The van der Waals surface area contributed by atoms with Crippen LogP contribution >= 0.6 is 12.4 Å². The van der Waals surface area contributed by atoms with E-state index >= 15 is 0 Å². The molecule has 0 unspecified atom stereocenters. The first-order chi connectivity index (χ1) is 18.1. The third-order valence-electron chi connectivity index (χ3n) is 6.30. The van der Waals surface area contributed by atoms with Crippen LogP contribution in [-0.2, 0) is 4.84 Å². The molecular weight excluding hydrogens is 502 g/mol. The van der Waals surface area contributed by atoms with Gasteiger partial charge in [-0.1, -0.05) is 41.6 Å². The summed E-state index contributed by atoms with van der Waals surface area (Å²) >= 11 is 0. The molecule has 1 heterocycles. The molecule has 0 saturated heterocycles. The summed E-state index contributed by atoms with van der Waals surface area (Å²) in [5.41, 5.74) is 6.72. The molecule has 1 aromatic heterocycles. The highest BCUT2D eigenvalue weighted by Crippen LogP contribution is 2.46. The molecule has 0 atom stereocenters. The lowest BCUT2D eigenvalue weighted by Gasteiger charge is -2.12. The fraction of sp³-hybridized carbons (Fsp3) is 0.233. The van der Waals surface area contributed by atoms with E-state index in [1.807, 2.05) is 80.8 Å². The molecule has 0 bridgehead atoms. The number of nitrogens with one attached hydrogen (secondary N) is 1. The first-order valence-corrected chi connectivity index (χ1v) is 12.2. The summed E-state index contributed by atoms with van der Waals surface area (Å²) in [6.07, 6.45) is 3.97. The Hall–Kier alpha value is -3.94. The molecule has 0 aliphatic heterocycles. The molecule has 3 aromatic carbocycles. The van der Waals surface area contributed by atoms with Crippen molar-refractivity contribution in [2.45, 2.75) is 0 Å². The number of aromatic amines is 1. The van der Waals surface area contributed by atoms with Gasteiger partial charge in [-0.2, -0.15) is 0 Å². The van der Waals surface area contributed by atoms with Crippen LogP contribution in [0.5, 0.6) is 17.2 Å².